The molecule has 0 saturated carbocycles. The average molecular weight is 398 g/mol. The Morgan fingerprint density at radius 1 is 1.10 bits per heavy atom. The fourth-order valence-electron chi connectivity index (χ4n) is 2.27. The smallest absolute Gasteiger partial charge is 0.160 e. The van der Waals surface area contributed by atoms with Crippen molar-refractivity contribution in [3.8, 4) is 11.5 Å². The molecule has 1 atom stereocenters. The average Bonchev–Trinajstić information content (AvgIpc) is 2.49. The number of hydrogen-bond donors (Lipinski definition) is 1. The molecule has 0 aromatic heterocycles. The van der Waals surface area contributed by atoms with Crippen LogP contribution in [0.25, 0.3) is 0 Å². The zero-order valence-corrected chi connectivity index (χ0v) is 14.5. The van der Waals surface area contributed by atoms with Crippen molar-refractivity contribution < 1.29 is 14.6 Å². The molecule has 1 N–H and O–H groups in total. The number of aliphatic hydroxyl groups excluding tert-OH is 1. The molecule has 0 aliphatic rings. The number of hydrogen-bond acceptors (Lipinski definition) is 3. The van der Waals surface area contributed by atoms with Crippen molar-refractivity contribution in [3.63, 3.8) is 0 Å². The van der Waals surface area contributed by atoms with Gasteiger partial charge in [0.2, 0.25) is 0 Å². The van der Waals surface area contributed by atoms with Crippen molar-refractivity contribution in [1.29, 1.82) is 0 Å². The van der Waals surface area contributed by atoms with Gasteiger partial charge in [0, 0.05) is 9.99 Å². The zero-order valence-electron chi connectivity index (χ0n) is 12.4. The van der Waals surface area contributed by atoms with E-state index < -0.39 is 6.10 Å². The summed E-state index contributed by atoms with van der Waals surface area (Å²) in [5, 5.41) is 10.5. The highest BCUT2D eigenvalue weighted by Crippen LogP contribution is 2.31. The van der Waals surface area contributed by atoms with E-state index in [0.717, 1.165) is 14.7 Å². The van der Waals surface area contributed by atoms with Gasteiger partial charge in [0.25, 0.3) is 0 Å². The van der Waals surface area contributed by atoms with Crippen molar-refractivity contribution in [2.75, 3.05) is 14.2 Å². The molecular weight excluding hydrogens is 379 g/mol. The molecule has 4 heteroatoms. The van der Waals surface area contributed by atoms with Crippen LogP contribution in [0.2, 0.25) is 0 Å². The third-order valence-electron chi connectivity index (χ3n) is 3.46. The Kier molecular flexibility index (Phi) is 5.47. The summed E-state index contributed by atoms with van der Waals surface area (Å²) in [5.41, 5.74) is 3.15. The number of aryl methyl sites for hydroxylation is 1. The van der Waals surface area contributed by atoms with Crippen LogP contribution in [0.5, 0.6) is 11.5 Å². The van der Waals surface area contributed by atoms with Gasteiger partial charge in [-0.3, -0.25) is 0 Å². The van der Waals surface area contributed by atoms with Crippen LogP contribution in [-0.4, -0.2) is 19.3 Å². The molecule has 0 spiro atoms. The van der Waals surface area contributed by atoms with Crippen LogP contribution in [0.3, 0.4) is 0 Å². The maximum atomic E-state index is 10.5. The summed E-state index contributed by atoms with van der Waals surface area (Å²) in [5.74, 6) is 1.38. The van der Waals surface area contributed by atoms with E-state index in [1.54, 1.807) is 14.2 Å². The Bertz CT molecular complexity index is 625. The number of methoxy groups -OCH3 is 2. The molecule has 0 aliphatic heterocycles. The maximum absolute atomic E-state index is 10.5. The quantitative estimate of drug-likeness (QED) is 0.777. The summed E-state index contributed by atoms with van der Waals surface area (Å²) in [7, 11) is 3.23. The second-order valence-corrected chi connectivity index (χ2v) is 5.97. The lowest BCUT2D eigenvalue weighted by atomic mass is 10.00. The van der Waals surface area contributed by atoms with E-state index in [1.165, 1.54) is 5.56 Å². The van der Waals surface area contributed by atoms with Crippen molar-refractivity contribution in [2.24, 2.45) is 0 Å². The van der Waals surface area contributed by atoms with Gasteiger partial charge in [-0.2, -0.15) is 0 Å². The number of halogens is 1. The van der Waals surface area contributed by atoms with E-state index in [4.69, 9.17) is 9.47 Å². The van der Waals surface area contributed by atoms with Crippen LogP contribution in [-0.2, 0) is 6.42 Å². The molecule has 112 valence electrons. The van der Waals surface area contributed by atoms with Crippen molar-refractivity contribution in [3.05, 3.63) is 56.7 Å². The first kappa shape index (κ1) is 16.1. The van der Waals surface area contributed by atoms with Crippen LogP contribution in [0, 0.1) is 10.5 Å². The highest BCUT2D eigenvalue weighted by Gasteiger charge is 2.14. The molecule has 2 rings (SSSR count). The fourth-order valence-corrected chi connectivity index (χ4v) is 2.99. The Morgan fingerprint density at radius 3 is 2.48 bits per heavy atom. The van der Waals surface area contributed by atoms with Gasteiger partial charge >= 0.3 is 0 Å². The van der Waals surface area contributed by atoms with Crippen LogP contribution in [0.1, 0.15) is 22.8 Å². The first-order chi connectivity index (χ1) is 10.1. The summed E-state index contributed by atoms with van der Waals surface area (Å²) < 4.78 is 11.6. The van der Waals surface area contributed by atoms with E-state index in [-0.39, 0.29) is 0 Å². The number of aliphatic hydroxyl groups is 1. The Balaban J connectivity index is 2.23. The normalized spacial score (nSPS) is 12.0. The van der Waals surface area contributed by atoms with Gasteiger partial charge in [0.1, 0.15) is 0 Å². The van der Waals surface area contributed by atoms with Gasteiger partial charge in [0.05, 0.1) is 20.3 Å². The van der Waals surface area contributed by atoms with Crippen LogP contribution in [0.4, 0.5) is 0 Å². The topological polar surface area (TPSA) is 38.7 Å². The Labute approximate surface area is 139 Å². The Hall–Kier alpha value is -1.27. The van der Waals surface area contributed by atoms with E-state index in [9.17, 15) is 5.11 Å². The summed E-state index contributed by atoms with van der Waals surface area (Å²) in [6.07, 6.45) is 0.00898. The summed E-state index contributed by atoms with van der Waals surface area (Å²) in [4.78, 5) is 0. The largest absolute Gasteiger partial charge is 0.493 e. The minimum Gasteiger partial charge on any atom is -0.493 e. The monoisotopic (exact) mass is 398 g/mol. The predicted octanol–water partition coefficient (Wildman–Crippen LogP) is 3.89. The van der Waals surface area contributed by atoms with E-state index in [2.05, 4.69) is 35.6 Å². The van der Waals surface area contributed by atoms with Crippen LogP contribution < -0.4 is 9.47 Å². The molecule has 0 radical (unpaired) electrons. The molecule has 2 aromatic rings. The van der Waals surface area contributed by atoms with Crippen molar-refractivity contribution >= 4 is 22.6 Å². The van der Waals surface area contributed by atoms with Gasteiger partial charge in [0.15, 0.2) is 11.5 Å². The lowest BCUT2D eigenvalue weighted by molar-refractivity contribution is 0.177. The van der Waals surface area contributed by atoms with E-state index in [0.29, 0.717) is 17.9 Å². The highest BCUT2D eigenvalue weighted by atomic mass is 127. The van der Waals surface area contributed by atoms with Gasteiger partial charge in [-0.25, -0.2) is 0 Å². The number of benzene rings is 2. The van der Waals surface area contributed by atoms with Gasteiger partial charge in [-0.15, -0.1) is 0 Å². The molecule has 0 aliphatic carbocycles. The molecule has 0 bridgehead atoms. The minimum atomic E-state index is -0.532. The first-order valence-corrected chi connectivity index (χ1v) is 7.78. The second kappa shape index (κ2) is 7.13. The van der Waals surface area contributed by atoms with Crippen molar-refractivity contribution in [1.82, 2.24) is 0 Å². The molecular formula is C17H19IO3. The van der Waals surface area contributed by atoms with Gasteiger partial charge in [-0.05, 0) is 58.3 Å². The Morgan fingerprint density at radius 2 is 1.81 bits per heavy atom. The molecule has 0 fully saturated rings. The highest BCUT2D eigenvalue weighted by molar-refractivity contribution is 14.1. The molecule has 0 saturated heterocycles. The molecule has 1 unspecified atom stereocenters. The second-order valence-electron chi connectivity index (χ2n) is 4.89. The molecule has 3 nitrogen and oxygen atoms in total. The SMILES string of the molecule is COc1ccc(CC(O)c2cccc(C)c2I)cc1OC. The van der Waals surface area contributed by atoms with Crippen LogP contribution >= 0.6 is 22.6 Å². The minimum absolute atomic E-state index is 0.532. The number of rotatable bonds is 5. The van der Waals surface area contributed by atoms with E-state index in [1.807, 2.05) is 30.3 Å². The lowest BCUT2D eigenvalue weighted by Crippen LogP contribution is -2.05. The zero-order chi connectivity index (χ0) is 15.4. The first-order valence-electron chi connectivity index (χ1n) is 6.70. The third-order valence-corrected chi connectivity index (χ3v) is 4.93. The third kappa shape index (κ3) is 3.68. The molecule has 0 amide bonds. The van der Waals surface area contributed by atoms with Gasteiger partial charge < -0.3 is 14.6 Å². The van der Waals surface area contributed by atoms with Gasteiger partial charge in [-0.1, -0.05) is 24.3 Å². The summed E-state index contributed by atoms with van der Waals surface area (Å²) in [6.45, 7) is 2.05. The summed E-state index contributed by atoms with van der Waals surface area (Å²) in [6, 6.07) is 11.7. The summed E-state index contributed by atoms with van der Waals surface area (Å²) >= 11 is 2.28. The molecule has 21 heavy (non-hydrogen) atoms. The molecule has 2 aromatic carbocycles. The molecule has 0 heterocycles. The fraction of sp³-hybridized carbons (Fsp3) is 0.294. The van der Waals surface area contributed by atoms with Crippen LogP contribution in [0.15, 0.2) is 36.4 Å². The maximum Gasteiger partial charge on any atom is 0.160 e. The predicted molar refractivity (Wildman–Crippen MR) is 92.1 cm³/mol. The number of ether oxygens (including phenoxy) is 2. The van der Waals surface area contributed by atoms with Crippen molar-refractivity contribution in [2.45, 2.75) is 19.4 Å². The lowest BCUT2D eigenvalue weighted by Gasteiger charge is -2.15. The van der Waals surface area contributed by atoms with E-state index >= 15 is 0 Å². The standard InChI is InChI=1S/C17H19IO3/c1-11-5-4-6-13(17(11)18)14(19)9-12-7-8-15(20-2)16(10-12)21-3/h4-8,10,14,19H,9H2,1-3H3.